The van der Waals surface area contributed by atoms with Crippen molar-refractivity contribution in [1.29, 1.82) is 5.39 Å². The lowest BCUT2D eigenvalue weighted by Crippen LogP contribution is -1.99. The van der Waals surface area contributed by atoms with E-state index in [1.165, 1.54) is 0 Å². The van der Waals surface area contributed by atoms with Gasteiger partial charge in [0, 0.05) is 17.7 Å². The molecule has 6 heteroatoms. The molecule has 0 bridgehead atoms. The molecule has 0 amide bonds. The maximum atomic E-state index is 9.31. The van der Waals surface area contributed by atoms with E-state index in [0.717, 1.165) is 36.0 Å². The number of aryl methyl sites for hydroxylation is 2. The molecule has 0 saturated carbocycles. The molecule has 22 heavy (non-hydrogen) atoms. The second-order valence-electron chi connectivity index (χ2n) is 5.36. The van der Waals surface area contributed by atoms with Gasteiger partial charge in [0.1, 0.15) is 6.61 Å². The fourth-order valence-electron chi connectivity index (χ4n) is 1.94. The van der Waals surface area contributed by atoms with Crippen LogP contribution in [0.2, 0.25) is 0 Å². The summed E-state index contributed by atoms with van der Waals surface area (Å²) in [5.74, 6) is 0.580. The third kappa shape index (κ3) is 7.14. The van der Waals surface area contributed by atoms with Crippen LogP contribution >= 0.6 is 0 Å². The van der Waals surface area contributed by atoms with Crippen LogP contribution in [0.25, 0.3) is 4.98 Å². The largest absolute Gasteiger partial charge is 0.391 e. The third-order valence-corrected chi connectivity index (χ3v) is 3.26. The number of hydrogen-bond donors (Lipinski definition) is 1. The number of nitrogens with zero attached hydrogens (tertiary/aromatic N) is 3. The van der Waals surface area contributed by atoms with Gasteiger partial charge in [-0.25, -0.2) is 0 Å². The summed E-state index contributed by atoms with van der Waals surface area (Å²) in [4.78, 5) is 16.9. The Hall–Kier alpha value is -2.00. The van der Waals surface area contributed by atoms with E-state index in [9.17, 15) is 4.91 Å². The van der Waals surface area contributed by atoms with Crippen molar-refractivity contribution in [3.63, 3.8) is 0 Å². The molecule has 0 spiro atoms. The molecule has 0 aromatic heterocycles. The Morgan fingerprint density at radius 2 is 1.82 bits per heavy atom. The van der Waals surface area contributed by atoms with Gasteiger partial charge in [-0.3, -0.25) is 0 Å². The van der Waals surface area contributed by atoms with Gasteiger partial charge in [0.2, 0.25) is 5.39 Å². The average molecular weight is 307 g/mol. The fraction of sp³-hybridized carbons (Fsp3) is 0.625. The van der Waals surface area contributed by atoms with Gasteiger partial charge in [-0.1, -0.05) is 27.7 Å². The second-order valence-corrected chi connectivity index (χ2v) is 5.36. The number of benzene rings is 1. The molecule has 6 nitrogen and oxygen atoms in total. The van der Waals surface area contributed by atoms with Gasteiger partial charge < -0.3 is 10.6 Å². The minimum absolute atomic E-state index is 0.446. The fourth-order valence-corrected chi connectivity index (χ4v) is 1.94. The van der Waals surface area contributed by atoms with Crippen LogP contribution in [-0.4, -0.2) is 6.61 Å². The van der Waals surface area contributed by atoms with E-state index in [-0.39, 0.29) is 0 Å². The highest BCUT2D eigenvalue weighted by atomic mass is 16.7. The molecule has 0 atom stereocenters. The van der Waals surface area contributed by atoms with Crippen molar-refractivity contribution in [3.8, 4) is 0 Å². The van der Waals surface area contributed by atoms with E-state index in [1.807, 2.05) is 26.0 Å². The molecule has 1 aromatic carbocycles. The Bertz CT molecular complexity index is 470. The van der Waals surface area contributed by atoms with Crippen molar-refractivity contribution < 1.29 is 4.84 Å². The quantitative estimate of drug-likeness (QED) is 0.348. The zero-order valence-electron chi connectivity index (χ0n) is 14.0. The summed E-state index contributed by atoms with van der Waals surface area (Å²) in [7, 11) is 0. The minimum atomic E-state index is 0.446. The monoisotopic (exact) mass is 307 g/mol. The van der Waals surface area contributed by atoms with Crippen molar-refractivity contribution in [2.24, 2.45) is 17.0 Å². The Balaban J connectivity index is 0.000000472. The standard InChI is InChI=1S/C11H16N3.C5H11NO2/c1-3-9-5-8(7-12)6-10(4-2)11(9)14-13;1-5(2)3-4-8-6-7/h5-6H,3-4,7,12H2,1-2H3;5H,3-4H2,1-2H3/q+1;. The number of rotatable bonds is 7. The molecule has 0 unspecified atom stereocenters. The van der Waals surface area contributed by atoms with Crippen LogP contribution in [0.15, 0.2) is 17.5 Å². The van der Waals surface area contributed by atoms with E-state index in [1.54, 1.807) is 0 Å². The Labute approximate surface area is 132 Å². The van der Waals surface area contributed by atoms with Crippen molar-refractivity contribution in [2.75, 3.05) is 6.61 Å². The van der Waals surface area contributed by atoms with E-state index < -0.39 is 0 Å². The summed E-state index contributed by atoms with van der Waals surface area (Å²) in [5, 5.41) is 11.2. The van der Waals surface area contributed by atoms with Crippen LogP contribution in [0.1, 0.15) is 50.8 Å². The van der Waals surface area contributed by atoms with Crippen molar-refractivity contribution in [1.82, 2.24) is 0 Å². The molecule has 0 aliphatic rings. The first-order valence-corrected chi connectivity index (χ1v) is 7.68. The van der Waals surface area contributed by atoms with Gasteiger partial charge in [0.25, 0.3) is 0 Å². The van der Waals surface area contributed by atoms with Gasteiger partial charge in [-0.05, 0) is 42.9 Å². The molecule has 0 radical (unpaired) electrons. The van der Waals surface area contributed by atoms with Crippen LogP contribution in [-0.2, 0) is 24.2 Å². The van der Waals surface area contributed by atoms with E-state index in [4.69, 9.17) is 11.1 Å². The highest BCUT2D eigenvalue weighted by molar-refractivity contribution is 5.59. The molecular weight excluding hydrogens is 280 g/mol. The SMILES string of the molecule is CC(C)CCON=O.CCc1cc(CN)cc(CC)c1[N+]#N. The van der Waals surface area contributed by atoms with Gasteiger partial charge >= 0.3 is 5.69 Å². The maximum Gasteiger partial charge on any atom is 0.391 e. The van der Waals surface area contributed by atoms with Crippen LogP contribution in [0, 0.1) is 16.2 Å². The smallest absolute Gasteiger partial charge is 0.364 e. The van der Waals surface area contributed by atoms with Crippen LogP contribution in [0.5, 0.6) is 0 Å². The molecule has 0 heterocycles. The minimum Gasteiger partial charge on any atom is -0.364 e. The molecule has 2 N–H and O–H groups in total. The lowest BCUT2D eigenvalue weighted by atomic mass is 9.99. The maximum absolute atomic E-state index is 9.31. The average Bonchev–Trinajstić information content (AvgIpc) is 2.53. The zero-order valence-corrected chi connectivity index (χ0v) is 14.0. The topological polar surface area (TPSA) is 92.8 Å². The molecule has 1 aromatic rings. The third-order valence-electron chi connectivity index (χ3n) is 3.26. The lowest BCUT2D eigenvalue weighted by molar-refractivity contribution is 0.128. The van der Waals surface area contributed by atoms with E-state index in [2.05, 4.69) is 29.0 Å². The van der Waals surface area contributed by atoms with Crippen LogP contribution in [0.3, 0.4) is 0 Å². The Morgan fingerprint density at radius 3 is 2.14 bits per heavy atom. The normalized spacial score (nSPS) is 9.68. The van der Waals surface area contributed by atoms with Crippen molar-refractivity contribution >= 4 is 5.69 Å². The van der Waals surface area contributed by atoms with Gasteiger partial charge in [-0.15, -0.1) is 4.91 Å². The molecule has 0 saturated heterocycles. The summed E-state index contributed by atoms with van der Waals surface area (Å²) >= 11 is 0. The molecule has 122 valence electrons. The van der Waals surface area contributed by atoms with Crippen molar-refractivity contribution in [2.45, 2.75) is 53.5 Å². The molecule has 0 aliphatic carbocycles. The van der Waals surface area contributed by atoms with Gasteiger partial charge in [0.05, 0.1) is 0 Å². The van der Waals surface area contributed by atoms with Gasteiger partial charge in [0.15, 0.2) is 10.3 Å². The first-order chi connectivity index (χ1) is 10.5. The first kappa shape index (κ1) is 20.0. The van der Waals surface area contributed by atoms with E-state index >= 15 is 0 Å². The summed E-state index contributed by atoms with van der Waals surface area (Å²) in [6.07, 6.45) is 2.62. The molecule has 0 aliphatic heterocycles. The molecule has 1 rings (SSSR count). The summed E-state index contributed by atoms with van der Waals surface area (Å²) in [6, 6.07) is 4.02. The summed E-state index contributed by atoms with van der Waals surface area (Å²) in [5.41, 5.74) is 9.54. The number of hydrogen-bond acceptors (Lipinski definition) is 5. The number of nitrogens with two attached hydrogens (primary N) is 1. The lowest BCUT2D eigenvalue weighted by Gasteiger charge is -2.02. The first-order valence-electron chi connectivity index (χ1n) is 7.68. The van der Waals surface area contributed by atoms with Crippen LogP contribution < -0.4 is 5.73 Å². The predicted octanol–water partition coefficient (Wildman–Crippen LogP) is 4.49. The van der Waals surface area contributed by atoms with Crippen molar-refractivity contribution in [3.05, 3.63) is 38.7 Å². The molecular formula is C16H27N4O2+. The summed E-state index contributed by atoms with van der Waals surface area (Å²) < 4.78 is 0. The Morgan fingerprint density at radius 1 is 1.27 bits per heavy atom. The highest BCUT2D eigenvalue weighted by Crippen LogP contribution is 2.27. The van der Waals surface area contributed by atoms with Crippen LogP contribution in [0.4, 0.5) is 5.69 Å². The molecule has 0 fully saturated rings. The highest BCUT2D eigenvalue weighted by Gasteiger charge is 2.18. The second kappa shape index (κ2) is 11.6. The van der Waals surface area contributed by atoms with Gasteiger partial charge in [-0.2, -0.15) is 0 Å². The van der Waals surface area contributed by atoms with E-state index in [0.29, 0.717) is 24.8 Å². The number of diazo groups is 1. The zero-order chi connectivity index (χ0) is 17.0. The summed E-state index contributed by atoms with van der Waals surface area (Å²) in [6.45, 7) is 9.20. The Kier molecular flexibility index (Phi) is 10.6. The predicted molar refractivity (Wildman–Crippen MR) is 89.0 cm³/mol.